The number of ketones is 1. The third-order valence-electron chi connectivity index (χ3n) is 3.57. The van der Waals surface area contributed by atoms with Crippen molar-refractivity contribution in [3.05, 3.63) is 59.7 Å². The molecule has 7 nitrogen and oxygen atoms in total. The predicted molar refractivity (Wildman–Crippen MR) is 97.3 cm³/mol. The number of ether oxygens (including phenoxy) is 2. The Morgan fingerprint density at radius 2 is 1.89 bits per heavy atom. The SMILES string of the molecule is CC(=O)c1cccc(NC(=O)[C@@H](C)OC(=O)COc2ccccc2C#N)c1. The highest BCUT2D eigenvalue weighted by atomic mass is 16.6. The Balaban J connectivity index is 1.88. The molecule has 0 aliphatic heterocycles. The molecule has 0 spiro atoms. The lowest BCUT2D eigenvalue weighted by molar-refractivity contribution is -0.155. The van der Waals surface area contributed by atoms with Gasteiger partial charge >= 0.3 is 5.97 Å². The Kier molecular flexibility index (Phi) is 6.67. The van der Waals surface area contributed by atoms with Crippen LogP contribution in [0.2, 0.25) is 0 Å². The highest BCUT2D eigenvalue weighted by Gasteiger charge is 2.19. The molecule has 0 saturated carbocycles. The van der Waals surface area contributed by atoms with E-state index in [1.54, 1.807) is 42.5 Å². The van der Waals surface area contributed by atoms with Crippen LogP contribution in [0, 0.1) is 11.3 Å². The van der Waals surface area contributed by atoms with E-state index in [0.29, 0.717) is 16.8 Å². The summed E-state index contributed by atoms with van der Waals surface area (Å²) in [4.78, 5) is 35.4. The number of rotatable bonds is 7. The molecule has 0 bridgehead atoms. The summed E-state index contributed by atoms with van der Waals surface area (Å²) in [6, 6.07) is 14.9. The molecule has 1 atom stereocenters. The van der Waals surface area contributed by atoms with Crippen molar-refractivity contribution in [2.45, 2.75) is 20.0 Å². The molecule has 0 radical (unpaired) electrons. The van der Waals surface area contributed by atoms with Crippen molar-refractivity contribution in [1.29, 1.82) is 5.26 Å². The summed E-state index contributed by atoms with van der Waals surface area (Å²) < 4.78 is 10.3. The lowest BCUT2D eigenvalue weighted by Gasteiger charge is -2.14. The number of hydrogen-bond donors (Lipinski definition) is 1. The summed E-state index contributed by atoms with van der Waals surface area (Å²) in [5, 5.41) is 11.6. The van der Waals surface area contributed by atoms with Gasteiger partial charge in [0.15, 0.2) is 18.5 Å². The van der Waals surface area contributed by atoms with Crippen LogP contribution >= 0.6 is 0 Å². The second-order valence-corrected chi connectivity index (χ2v) is 5.65. The van der Waals surface area contributed by atoms with Crippen molar-refractivity contribution in [3.63, 3.8) is 0 Å². The molecule has 0 heterocycles. The summed E-state index contributed by atoms with van der Waals surface area (Å²) in [5.41, 5.74) is 1.18. The minimum absolute atomic E-state index is 0.125. The standard InChI is InChI=1S/C20H18N2O5/c1-13(23)15-7-5-8-17(10-15)22-20(25)14(2)27-19(24)12-26-18-9-4-3-6-16(18)11-21/h3-10,14H,12H2,1-2H3,(H,22,25)/t14-/m1/s1. The van der Waals surface area contributed by atoms with Crippen molar-refractivity contribution >= 4 is 23.3 Å². The number of para-hydroxylation sites is 1. The van der Waals surface area contributed by atoms with Crippen molar-refractivity contribution in [1.82, 2.24) is 0 Å². The highest BCUT2D eigenvalue weighted by Crippen LogP contribution is 2.16. The first-order valence-electron chi connectivity index (χ1n) is 8.14. The fourth-order valence-corrected chi connectivity index (χ4v) is 2.17. The van der Waals surface area contributed by atoms with Crippen LogP contribution in [0.1, 0.15) is 29.8 Å². The van der Waals surface area contributed by atoms with Crippen molar-refractivity contribution < 1.29 is 23.9 Å². The number of nitrogens with one attached hydrogen (secondary N) is 1. The molecule has 0 unspecified atom stereocenters. The molecule has 7 heteroatoms. The number of anilines is 1. The number of nitriles is 1. The van der Waals surface area contributed by atoms with Gasteiger partial charge in [-0.15, -0.1) is 0 Å². The van der Waals surface area contributed by atoms with Gasteiger partial charge in [-0.1, -0.05) is 24.3 Å². The minimum atomic E-state index is -1.06. The normalized spacial score (nSPS) is 11.0. The van der Waals surface area contributed by atoms with Gasteiger partial charge in [0.05, 0.1) is 5.56 Å². The number of Topliss-reactive ketones (excluding diaryl/α,β-unsaturated/α-hetero) is 1. The van der Waals surface area contributed by atoms with E-state index in [-0.39, 0.29) is 11.5 Å². The zero-order valence-electron chi connectivity index (χ0n) is 14.9. The zero-order chi connectivity index (χ0) is 19.8. The number of benzene rings is 2. The van der Waals surface area contributed by atoms with Crippen LogP contribution in [-0.4, -0.2) is 30.4 Å². The molecule has 27 heavy (non-hydrogen) atoms. The van der Waals surface area contributed by atoms with E-state index in [9.17, 15) is 14.4 Å². The molecule has 2 aromatic rings. The average Bonchev–Trinajstić information content (AvgIpc) is 2.66. The molecule has 2 aromatic carbocycles. The molecular weight excluding hydrogens is 348 g/mol. The lowest BCUT2D eigenvalue weighted by atomic mass is 10.1. The Labute approximate surface area is 156 Å². The van der Waals surface area contributed by atoms with E-state index in [0.717, 1.165) is 0 Å². The highest BCUT2D eigenvalue weighted by molar-refractivity contribution is 5.98. The number of nitrogens with zero attached hydrogens (tertiary/aromatic N) is 1. The molecule has 0 aromatic heterocycles. The second kappa shape index (κ2) is 9.15. The monoisotopic (exact) mass is 366 g/mol. The summed E-state index contributed by atoms with van der Waals surface area (Å²) in [6.07, 6.45) is -1.06. The molecule has 2 rings (SSSR count). The van der Waals surface area contributed by atoms with Gasteiger partial charge in [-0.25, -0.2) is 4.79 Å². The van der Waals surface area contributed by atoms with Crippen LogP contribution in [0.3, 0.4) is 0 Å². The van der Waals surface area contributed by atoms with E-state index in [2.05, 4.69) is 5.32 Å². The maximum atomic E-state index is 12.1. The molecule has 0 fully saturated rings. The number of esters is 1. The maximum Gasteiger partial charge on any atom is 0.344 e. The Morgan fingerprint density at radius 3 is 2.59 bits per heavy atom. The fourth-order valence-electron chi connectivity index (χ4n) is 2.17. The van der Waals surface area contributed by atoms with Gasteiger partial charge in [0.2, 0.25) is 0 Å². The average molecular weight is 366 g/mol. The smallest absolute Gasteiger partial charge is 0.344 e. The number of carbonyl (C=O) groups excluding carboxylic acids is 3. The second-order valence-electron chi connectivity index (χ2n) is 5.65. The van der Waals surface area contributed by atoms with Gasteiger partial charge in [0, 0.05) is 11.3 Å². The third kappa shape index (κ3) is 5.68. The Bertz CT molecular complexity index is 901. The van der Waals surface area contributed by atoms with Gasteiger partial charge in [-0.2, -0.15) is 5.26 Å². The number of carbonyl (C=O) groups is 3. The molecule has 138 valence electrons. The quantitative estimate of drug-likeness (QED) is 0.597. The maximum absolute atomic E-state index is 12.1. The third-order valence-corrected chi connectivity index (χ3v) is 3.57. The summed E-state index contributed by atoms with van der Waals surface area (Å²) in [6.45, 7) is 2.41. The van der Waals surface area contributed by atoms with Gasteiger partial charge in [0.25, 0.3) is 5.91 Å². The summed E-state index contributed by atoms with van der Waals surface area (Å²) >= 11 is 0. The van der Waals surface area contributed by atoms with Crippen LogP contribution in [0.4, 0.5) is 5.69 Å². The first-order valence-corrected chi connectivity index (χ1v) is 8.14. The van der Waals surface area contributed by atoms with Crippen LogP contribution in [-0.2, 0) is 14.3 Å². The van der Waals surface area contributed by atoms with Crippen LogP contribution < -0.4 is 10.1 Å². The van der Waals surface area contributed by atoms with Gasteiger partial charge in [-0.05, 0) is 38.1 Å². The van der Waals surface area contributed by atoms with Crippen molar-refractivity contribution in [2.24, 2.45) is 0 Å². The van der Waals surface area contributed by atoms with Gasteiger partial charge < -0.3 is 14.8 Å². The first-order chi connectivity index (χ1) is 12.9. The molecule has 1 amide bonds. The summed E-state index contributed by atoms with van der Waals surface area (Å²) in [7, 11) is 0. The molecular formula is C20H18N2O5. The predicted octanol–water partition coefficient (Wildman–Crippen LogP) is 2.71. The fraction of sp³-hybridized carbons (Fsp3) is 0.200. The largest absolute Gasteiger partial charge is 0.481 e. The van der Waals surface area contributed by atoms with E-state index in [1.165, 1.54) is 19.9 Å². The van der Waals surface area contributed by atoms with Gasteiger partial charge in [0.1, 0.15) is 11.8 Å². The van der Waals surface area contributed by atoms with Crippen LogP contribution in [0.5, 0.6) is 5.75 Å². The zero-order valence-corrected chi connectivity index (χ0v) is 14.9. The topological polar surface area (TPSA) is 105 Å². The molecule has 0 aliphatic rings. The minimum Gasteiger partial charge on any atom is -0.481 e. The molecule has 1 N–H and O–H groups in total. The van der Waals surface area contributed by atoms with Crippen LogP contribution in [0.15, 0.2) is 48.5 Å². The number of hydrogen-bond acceptors (Lipinski definition) is 6. The first kappa shape index (κ1) is 19.7. The molecule has 0 saturated heterocycles. The van der Waals surface area contributed by atoms with E-state index < -0.39 is 24.6 Å². The molecule has 0 aliphatic carbocycles. The van der Waals surface area contributed by atoms with E-state index in [1.807, 2.05) is 6.07 Å². The van der Waals surface area contributed by atoms with Crippen LogP contribution in [0.25, 0.3) is 0 Å². The van der Waals surface area contributed by atoms with E-state index in [4.69, 9.17) is 14.7 Å². The van der Waals surface area contributed by atoms with Gasteiger partial charge in [-0.3, -0.25) is 9.59 Å². The summed E-state index contributed by atoms with van der Waals surface area (Å²) in [5.74, 6) is -1.15. The van der Waals surface area contributed by atoms with E-state index >= 15 is 0 Å². The Morgan fingerprint density at radius 1 is 1.15 bits per heavy atom. The van der Waals surface area contributed by atoms with Crippen molar-refractivity contribution in [2.75, 3.05) is 11.9 Å². The van der Waals surface area contributed by atoms with Crippen molar-refractivity contribution in [3.8, 4) is 11.8 Å². The Hall–Kier alpha value is -3.66. The number of amides is 1. The lowest BCUT2D eigenvalue weighted by Crippen LogP contribution is -2.31.